The lowest BCUT2D eigenvalue weighted by molar-refractivity contribution is -0.121. The van der Waals surface area contributed by atoms with Gasteiger partial charge in [-0.1, -0.05) is 30.3 Å². The van der Waals surface area contributed by atoms with Crippen LogP contribution < -0.4 is 5.32 Å². The SMILES string of the molecule is Cc1ccnc(NC(=O)C2CCN(C(=O)c3cc(-c4ccccc4)nc4c3cnn4C(C)C)CC2)c1. The first-order valence-electron chi connectivity index (χ1n) is 12.4. The molecule has 1 aromatic carbocycles. The Morgan fingerprint density at radius 2 is 1.81 bits per heavy atom. The van der Waals surface area contributed by atoms with E-state index in [1.807, 2.05) is 78.9 Å². The number of pyridine rings is 2. The molecule has 0 saturated carbocycles. The number of fused-ring (bicyclic) bond motifs is 1. The molecule has 0 unspecified atom stereocenters. The maximum Gasteiger partial charge on any atom is 0.254 e. The Kier molecular flexibility index (Phi) is 6.50. The summed E-state index contributed by atoms with van der Waals surface area (Å²) in [5.41, 5.74) is 4.03. The number of rotatable bonds is 5. The average Bonchev–Trinajstić information content (AvgIpc) is 3.33. The molecular formula is C28H30N6O2. The topological polar surface area (TPSA) is 93.0 Å². The van der Waals surface area contributed by atoms with Crippen LogP contribution in [0.15, 0.2) is 60.9 Å². The number of aromatic nitrogens is 4. The number of carbonyl (C=O) groups excluding carboxylic acids is 2. The van der Waals surface area contributed by atoms with Gasteiger partial charge >= 0.3 is 0 Å². The highest BCUT2D eigenvalue weighted by atomic mass is 16.2. The summed E-state index contributed by atoms with van der Waals surface area (Å²) in [6.07, 6.45) is 4.63. The van der Waals surface area contributed by atoms with Gasteiger partial charge in [-0.2, -0.15) is 5.10 Å². The molecular weight excluding hydrogens is 452 g/mol. The van der Waals surface area contributed by atoms with E-state index in [1.54, 1.807) is 12.4 Å². The smallest absolute Gasteiger partial charge is 0.254 e. The third kappa shape index (κ3) is 4.71. The lowest BCUT2D eigenvalue weighted by Crippen LogP contribution is -2.41. The van der Waals surface area contributed by atoms with Crippen molar-refractivity contribution in [1.29, 1.82) is 0 Å². The predicted molar refractivity (Wildman–Crippen MR) is 140 cm³/mol. The van der Waals surface area contributed by atoms with Gasteiger partial charge in [-0.15, -0.1) is 0 Å². The van der Waals surface area contributed by atoms with Crippen molar-refractivity contribution in [1.82, 2.24) is 24.6 Å². The summed E-state index contributed by atoms with van der Waals surface area (Å²) in [4.78, 5) is 37.5. The lowest BCUT2D eigenvalue weighted by atomic mass is 9.95. The number of nitrogens with one attached hydrogen (secondary N) is 1. The van der Waals surface area contributed by atoms with Gasteiger partial charge in [0.15, 0.2) is 5.65 Å². The molecule has 1 aliphatic heterocycles. The van der Waals surface area contributed by atoms with E-state index in [0.29, 0.717) is 43.0 Å². The Morgan fingerprint density at radius 1 is 1.06 bits per heavy atom. The molecule has 5 rings (SSSR count). The number of anilines is 1. The number of aryl methyl sites for hydroxylation is 1. The van der Waals surface area contributed by atoms with E-state index in [9.17, 15) is 9.59 Å². The van der Waals surface area contributed by atoms with Crippen LogP contribution in [0.25, 0.3) is 22.3 Å². The second-order valence-corrected chi connectivity index (χ2v) is 9.62. The first kappa shape index (κ1) is 23.7. The third-order valence-corrected chi connectivity index (χ3v) is 6.68. The van der Waals surface area contributed by atoms with Gasteiger partial charge in [0.2, 0.25) is 5.91 Å². The molecule has 4 aromatic rings. The molecule has 0 radical (unpaired) electrons. The molecule has 4 heterocycles. The summed E-state index contributed by atoms with van der Waals surface area (Å²) in [5.74, 6) is 0.309. The fourth-order valence-corrected chi connectivity index (χ4v) is 4.68. The number of benzene rings is 1. The first-order chi connectivity index (χ1) is 17.4. The molecule has 36 heavy (non-hydrogen) atoms. The second kappa shape index (κ2) is 9.89. The standard InChI is InChI=1S/C28H30N6O2/c1-18(2)34-26-23(17-30-34)22(16-24(31-26)20-7-5-4-6-8-20)28(36)33-13-10-21(11-14-33)27(35)32-25-15-19(3)9-12-29-25/h4-9,12,15-18,21H,10-11,13-14H2,1-3H3,(H,29,32,35). The largest absolute Gasteiger partial charge is 0.339 e. The van der Waals surface area contributed by atoms with Crippen LogP contribution in [-0.2, 0) is 4.79 Å². The van der Waals surface area contributed by atoms with Crippen LogP contribution >= 0.6 is 0 Å². The third-order valence-electron chi connectivity index (χ3n) is 6.68. The minimum absolute atomic E-state index is 0.0453. The fourth-order valence-electron chi connectivity index (χ4n) is 4.68. The highest BCUT2D eigenvalue weighted by molar-refractivity contribution is 6.06. The van der Waals surface area contributed by atoms with E-state index in [-0.39, 0.29) is 23.8 Å². The van der Waals surface area contributed by atoms with Crippen LogP contribution in [0.3, 0.4) is 0 Å². The van der Waals surface area contributed by atoms with Crippen molar-refractivity contribution in [2.24, 2.45) is 5.92 Å². The van der Waals surface area contributed by atoms with E-state index in [4.69, 9.17) is 4.98 Å². The number of hydrogen-bond donors (Lipinski definition) is 1. The molecule has 8 heteroatoms. The lowest BCUT2D eigenvalue weighted by Gasteiger charge is -2.31. The van der Waals surface area contributed by atoms with Crippen LogP contribution in [0.4, 0.5) is 5.82 Å². The number of carbonyl (C=O) groups is 2. The molecule has 1 fully saturated rings. The van der Waals surface area contributed by atoms with Gasteiger partial charge in [-0.05, 0) is 57.4 Å². The van der Waals surface area contributed by atoms with Crippen molar-refractivity contribution in [2.75, 3.05) is 18.4 Å². The van der Waals surface area contributed by atoms with Gasteiger partial charge in [-0.3, -0.25) is 9.59 Å². The van der Waals surface area contributed by atoms with Crippen LogP contribution in [-0.4, -0.2) is 49.6 Å². The Morgan fingerprint density at radius 3 is 2.50 bits per heavy atom. The zero-order valence-corrected chi connectivity index (χ0v) is 20.8. The number of likely N-dealkylation sites (tertiary alicyclic amines) is 1. The van der Waals surface area contributed by atoms with E-state index >= 15 is 0 Å². The van der Waals surface area contributed by atoms with Gasteiger partial charge in [0.1, 0.15) is 5.82 Å². The first-order valence-corrected chi connectivity index (χ1v) is 12.4. The molecule has 1 saturated heterocycles. The quantitative estimate of drug-likeness (QED) is 0.438. The summed E-state index contributed by atoms with van der Waals surface area (Å²) in [7, 11) is 0. The van der Waals surface area contributed by atoms with Crippen molar-refractivity contribution in [3.05, 3.63) is 72.1 Å². The number of hydrogen-bond acceptors (Lipinski definition) is 5. The van der Waals surface area contributed by atoms with Gasteiger partial charge < -0.3 is 10.2 Å². The summed E-state index contributed by atoms with van der Waals surface area (Å²) >= 11 is 0. The predicted octanol–water partition coefficient (Wildman–Crippen LogP) is 4.87. The van der Waals surface area contributed by atoms with Crippen molar-refractivity contribution in [2.45, 2.75) is 39.7 Å². The van der Waals surface area contributed by atoms with Crippen LogP contribution in [0.5, 0.6) is 0 Å². The summed E-state index contributed by atoms with van der Waals surface area (Å²) in [6, 6.07) is 15.6. The van der Waals surface area contributed by atoms with Crippen LogP contribution in [0.1, 0.15) is 48.7 Å². The minimum Gasteiger partial charge on any atom is -0.339 e. The maximum atomic E-state index is 13.7. The van der Waals surface area contributed by atoms with E-state index in [2.05, 4.69) is 15.4 Å². The molecule has 1 N–H and O–H groups in total. The van der Waals surface area contributed by atoms with E-state index in [1.165, 1.54) is 0 Å². The summed E-state index contributed by atoms with van der Waals surface area (Å²) in [5, 5.41) is 8.19. The molecule has 0 bridgehead atoms. The van der Waals surface area contributed by atoms with Gasteiger partial charge in [0, 0.05) is 36.8 Å². The monoisotopic (exact) mass is 482 g/mol. The Labute approximate surface area is 210 Å². The second-order valence-electron chi connectivity index (χ2n) is 9.62. The fraction of sp³-hybridized carbons (Fsp3) is 0.321. The Hall–Kier alpha value is -4.07. The van der Waals surface area contributed by atoms with Crippen molar-refractivity contribution in [3.63, 3.8) is 0 Å². The van der Waals surface area contributed by atoms with Crippen LogP contribution in [0.2, 0.25) is 0 Å². The highest BCUT2D eigenvalue weighted by Gasteiger charge is 2.30. The summed E-state index contributed by atoms with van der Waals surface area (Å²) in [6.45, 7) is 7.09. The molecule has 8 nitrogen and oxygen atoms in total. The average molecular weight is 483 g/mol. The molecule has 0 aliphatic carbocycles. The van der Waals surface area contributed by atoms with Gasteiger partial charge in [0.05, 0.1) is 22.8 Å². The number of amides is 2. The molecule has 1 aliphatic rings. The van der Waals surface area contributed by atoms with Gasteiger partial charge in [0.25, 0.3) is 5.91 Å². The van der Waals surface area contributed by atoms with Crippen molar-refractivity contribution < 1.29 is 9.59 Å². The molecule has 0 spiro atoms. The number of piperidine rings is 1. The van der Waals surface area contributed by atoms with E-state index < -0.39 is 0 Å². The minimum atomic E-state index is -0.155. The van der Waals surface area contributed by atoms with Crippen molar-refractivity contribution >= 4 is 28.7 Å². The zero-order chi connectivity index (χ0) is 25.2. The molecule has 184 valence electrons. The van der Waals surface area contributed by atoms with Gasteiger partial charge in [-0.25, -0.2) is 14.6 Å². The van der Waals surface area contributed by atoms with Crippen molar-refractivity contribution in [3.8, 4) is 11.3 Å². The summed E-state index contributed by atoms with van der Waals surface area (Å²) < 4.78 is 1.86. The van der Waals surface area contributed by atoms with Crippen LogP contribution in [0, 0.1) is 12.8 Å². The van der Waals surface area contributed by atoms with E-state index in [0.717, 1.165) is 22.2 Å². The Balaban J connectivity index is 1.37. The zero-order valence-electron chi connectivity index (χ0n) is 20.8. The maximum absolute atomic E-state index is 13.7. The Bertz CT molecular complexity index is 1400. The number of nitrogens with zero attached hydrogens (tertiary/aromatic N) is 5. The normalized spacial score (nSPS) is 14.4. The molecule has 2 amide bonds. The molecule has 0 atom stereocenters. The highest BCUT2D eigenvalue weighted by Crippen LogP contribution is 2.29. The molecule has 3 aromatic heterocycles.